The molecule has 0 atom stereocenters. The molecule has 17 heavy (non-hydrogen) atoms. The van der Waals surface area contributed by atoms with Crippen molar-refractivity contribution in [1.29, 1.82) is 0 Å². The predicted octanol–water partition coefficient (Wildman–Crippen LogP) is 2.54. The molecule has 0 fully saturated rings. The molecule has 0 spiro atoms. The lowest BCUT2D eigenvalue weighted by Gasteiger charge is -2.08. The molecule has 0 saturated heterocycles. The molecule has 0 saturated carbocycles. The predicted molar refractivity (Wildman–Crippen MR) is 71.2 cm³/mol. The zero-order chi connectivity index (χ0) is 12.1. The van der Waals surface area contributed by atoms with Gasteiger partial charge in [0, 0.05) is 43.5 Å². The molecule has 0 aromatic carbocycles. The molecule has 0 bridgehead atoms. The highest BCUT2D eigenvalue weighted by Gasteiger charge is 2.05. The number of aryl methyl sites for hydroxylation is 1. The van der Waals surface area contributed by atoms with Crippen molar-refractivity contribution in [3.63, 3.8) is 0 Å². The largest absolute Gasteiger partial charge is 0.370 e. The van der Waals surface area contributed by atoms with Gasteiger partial charge < -0.3 is 9.88 Å². The Morgan fingerprint density at radius 3 is 2.94 bits per heavy atom. The summed E-state index contributed by atoms with van der Waals surface area (Å²) in [6, 6.07) is 4.07. The monoisotopic (exact) mass is 248 g/mol. The molecule has 2 aromatic rings. The van der Waals surface area contributed by atoms with Crippen LogP contribution in [-0.2, 0) is 12.8 Å². The molecule has 1 N–H and O–H groups in total. The summed E-state index contributed by atoms with van der Waals surface area (Å²) >= 11 is 1.72. The van der Waals surface area contributed by atoms with Crippen LogP contribution in [0.2, 0.25) is 0 Å². The van der Waals surface area contributed by atoms with Crippen LogP contribution in [0.1, 0.15) is 12.5 Å². The SMILES string of the molecule is CCNc1ncccc1CSc1nccn1C. The Morgan fingerprint density at radius 2 is 2.24 bits per heavy atom. The fraction of sp³-hybridized carbons (Fsp3) is 0.333. The van der Waals surface area contributed by atoms with Gasteiger partial charge >= 0.3 is 0 Å². The number of nitrogens with one attached hydrogen (secondary N) is 1. The van der Waals surface area contributed by atoms with E-state index in [1.54, 1.807) is 11.8 Å². The smallest absolute Gasteiger partial charge is 0.167 e. The highest BCUT2D eigenvalue weighted by atomic mass is 32.2. The van der Waals surface area contributed by atoms with Crippen LogP contribution in [0.5, 0.6) is 0 Å². The fourth-order valence-corrected chi connectivity index (χ4v) is 2.43. The van der Waals surface area contributed by atoms with Crippen LogP contribution >= 0.6 is 11.8 Å². The number of thioether (sulfide) groups is 1. The number of hydrogen-bond acceptors (Lipinski definition) is 4. The van der Waals surface area contributed by atoms with Crippen molar-refractivity contribution >= 4 is 17.6 Å². The number of nitrogens with zero attached hydrogens (tertiary/aromatic N) is 3. The van der Waals surface area contributed by atoms with E-state index in [4.69, 9.17) is 0 Å². The summed E-state index contributed by atoms with van der Waals surface area (Å²) in [4.78, 5) is 8.63. The van der Waals surface area contributed by atoms with Crippen molar-refractivity contribution in [3.8, 4) is 0 Å². The number of anilines is 1. The number of hydrogen-bond donors (Lipinski definition) is 1. The quantitative estimate of drug-likeness (QED) is 0.826. The van der Waals surface area contributed by atoms with Crippen molar-refractivity contribution in [3.05, 3.63) is 36.3 Å². The van der Waals surface area contributed by atoms with E-state index in [0.29, 0.717) is 0 Å². The van der Waals surface area contributed by atoms with Gasteiger partial charge in [0.25, 0.3) is 0 Å². The molecule has 2 heterocycles. The second kappa shape index (κ2) is 5.72. The lowest BCUT2D eigenvalue weighted by atomic mass is 10.3. The Balaban J connectivity index is 2.06. The van der Waals surface area contributed by atoms with E-state index >= 15 is 0 Å². The Labute approximate surface area is 105 Å². The van der Waals surface area contributed by atoms with Crippen LogP contribution in [-0.4, -0.2) is 21.1 Å². The standard InChI is InChI=1S/C12H16N4S/c1-3-13-11-10(5-4-6-14-11)9-17-12-15-7-8-16(12)2/h4-8H,3,9H2,1-2H3,(H,13,14). The van der Waals surface area contributed by atoms with E-state index in [2.05, 4.69) is 28.3 Å². The summed E-state index contributed by atoms with van der Waals surface area (Å²) in [5.41, 5.74) is 1.21. The fourth-order valence-electron chi connectivity index (χ4n) is 1.52. The Bertz CT molecular complexity index is 481. The molecule has 4 nitrogen and oxygen atoms in total. The number of pyridine rings is 1. The van der Waals surface area contributed by atoms with Crippen LogP contribution in [0.15, 0.2) is 35.9 Å². The molecule has 0 aliphatic carbocycles. The maximum absolute atomic E-state index is 4.34. The maximum atomic E-state index is 4.34. The van der Waals surface area contributed by atoms with Gasteiger partial charge in [-0.15, -0.1) is 0 Å². The molecule has 5 heteroatoms. The van der Waals surface area contributed by atoms with Crippen LogP contribution in [0, 0.1) is 0 Å². The van der Waals surface area contributed by atoms with Gasteiger partial charge in [0.05, 0.1) is 0 Å². The Morgan fingerprint density at radius 1 is 1.35 bits per heavy atom. The Hall–Kier alpha value is -1.49. The molecule has 0 unspecified atom stereocenters. The highest BCUT2D eigenvalue weighted by molar-refractivity contribution is 7.98. The lowest BCUT2D eigenvalue weighted by molar-refractivity contribution is 0.790. The molecule has 0 amide bonds. The van der Waals surface area contributed by atoms with E-state index in [0.717, 1.165) is 23.3 Å². The number of rotatable bonds is 5. The van der Waals surface area contributed by atoms with Gasteiger partial charge in [-0.1, -0.05) is 17.8 Å². The number of imidazole rings is 1. The van der Waals surface area contributed by atoms with Gasteiger partial charge in [0.15, 0.2) is 5.16 Å². The zero-order valence-electron chi connectivity index (χ0n) is 10.1. The minimum absolute atomic E-state index is 0.876. The first kappa shape index (κ1) is 12.0. The van der Waals surface area contributed by atoms with Crippen molar-refractivity contribution in [2.45, 2.75) is 17.8 Å². The zero-order valence-corrected chi connectivity index (χ0v) is 10.9. The second-order valence-corrected chi connectivity index (χ2v) is 4.59. The molecular weight excluding hydrogens is 232 g/mol. The average Bonchev–Trinajstić information content (AvgIpc) is 2.74. The summed E-state index contributed by atoms with van der Waals surface area (Å²) in [7, 11) is 2.00. The van der Waals surface area contributed by atoms with Gasteiger partial charge in [0.1, 0.15) is 5.82 Å². The van der Waals surface area contributed by atoms with Crippen LogP contribution in [0.3, 0.4) is 0 Å². The van der Waals surface area contributed by atoms with E-state index < -0.39 is 0 Å². The van der Waals surface area contributed by atoms with Crippen LogP contribution < -0.4 is 5.32 Å². The van der Waals surface area contributed by atoms with Crippen molar-refractivity contribution in [2.24, 2.45) is 7.05 Å². The molecular formula is C12H16N4S. The van der Waals surface area contributed by atoms with Crippen molar-refractivity contribution in [2.75, 3.05) is 11.9 Å². The average molecular weight is 248 g/mol. The third-order valence-corrected chi connectivity index (χ3v) is 3.48. The summed E-state index contributed by atoms with van der Waals surface area (Å²) in [5.74, 6) is 1.85. The maximum Gasteiger partial charge on any atom is 0.167 e. The summed E-state index contributed by atoms with van der Waals surface area (Å²) in [5, 5.41) is 4.29. The first-order valence-corrected chi connectivity index (χ1v) is 6.57. The third-order valence-electron chi connectivity index (χ3n) is 2.37. The third kappa shape index (κ3) is 3.00. The minimum Gasteiger partial charge on any atom is -0.370 e. The van der Waals surface area contributed by atoms with Crippen LogP contribution in [0.25, 0.3) is 0 Å². The minimum atomic E-state index is 0.876. The van der Waals surface area contributed by atoms with E-state index in [-0.39, 0.29) is 0 Å². The second-order valence-electron chi connectivity index (χ2n) is 3.65. The van der Waals surface area contributed by atoms with Gasteiger partial charge in [0.2, 0.25) is 0 Å². The number of aromatic nitrogens is 3. The van der Waals surface area contributed by atoms with Gasteiger partial charge in [-0.05, 0) is 13.0 Å². The lowest BCUT2D eigenvalue weighted by Crippen LogP contribution is -2.02. The van der Waals surface area contributed by atoms with Gasteiger partial charge in [-0.25, -0.2) is 9.97 Å². The molecule has 0 radical (unpaired) electrons. The first-order chi connectivity index (χ1) is 8.31. The van der Waals surface area contributed by atoms with Gasteiger partial charge in [-0.2, -0.15) is 0 Å². The molecule has 2 rings (SSSR count). The van der Waals surface area contributed by atoms with E-state index in [9.17, 15) is 0 Å². The molecule has 2 aromatic heterocycles. The van der Waals surface area contributed by atoms with Crippen molar-refractivity contribution in [1.82, 2.24) is 14.5 Å². The van der Waals surface area contributed by atoms with Gasteiger partial charge in [-0.3, -0.25) is 0 Å². The van der Waals surface area contributed by atoms with Crippen LogP contribution in [0.4, 0.5) is 5.82 Å². The van der Waals surface area contributed by atoms with E-state index in [1.165, 1.54) is 5.56 Å². The molecule has 0 aliphatic heterocycles. The first-order valence-electron chi connectivity index (χ1n) is 5.59. The Kier molecular flexibility index (Phi) is 4.03. The summed E-state index contributed by atoms with van der Waals surface area (Å²) in [6.07, 6.45) is 5.58. The summed E-state index contributed by atoms with van der Waals surface area (Å²) < 4.78 is 2.02. The van der Waals surface area contributed by atoms with Crippen molar-refractivity contribution < 1.29 is 0 Å². The highest BCUT2D eigenvalue weighted by Crippen LogP contribution is 2.23. The molecule has 0 aliphatic rings. The topological polar surface area (TPSA) is 42.7 Å². The van der Waals surface area contributed by atoms with E-state index in [1.807, 2.05) is 36.3 Å². The molecule has 90 valence electrons. The normalized spacial score (nSPS) is 10.5. The summed E-state index contributed by atoms with van der Waals surface area (Å²) in [6.45, 7) is 2.96.